The predicted octanol–water partition coefficient (Wildman–Crippen LogP) is 4.42. The van der Waals surface area contributed by atoms with Crippen LogP contribution in [0.1, 0.15) is 28.8 Å². The summed E-state index contributed by atoms with van der Waals surface area (Å²) in [7, 11) is 2.97. The molecule has 3 aromatic rings. The number of hydrogen-bond donors (Lipinski definition) is 2. The van der Waals surface area contributed by atoms with E-state index in [9.17, 15) is 14.0 Å². The van der Waals surface area contributed by atoms with E-state index in [1.165, 1.54) is 20.3 Å². The van der Waals surface area contributed by atoms with E-state index in [0.717, 1.165) is 17.3 Å². The van der Waals surface area contributed by atoms with Crippen molar-refractivity contribution in [1.82, 2.24) is 10.3 Å². The second kappa shape index (κ2) is 11.7. The Morgan fingerprint density at radius 1 is 1.08 bits per heavy atom. The standard InChI is InChI=1S/C27H24FN3O5S/c1-35-21-11-17(12-22(36-2)27(21)37-15-25(33)34)10-19-18-8-9-23(28)31-26(18)20(30-19)13-24(32)29-14-16-6-4-3-5-7-16/h3-12H,13-15H2,1-2H3,(H,29,32)(H,33,34). The Morgan fingerprint density at radius 3 is 2.43 bits per heavy atom. The van der Waals surface area contributed by atoms with Gasteiger partial charge in [0.25, 0.3) is 0 Å². The smallest absolute Gasteiger partial charge is 0.313 e. The van der Waals surface area contributed by atoms with Crippen LogP contribution < -0.4 is 14.8 Å². The molecule has 2 heterocycles. The summed E-state index contributed by atoms with van der Waals surface area (Å²) in [6.45, 7) is 0.366. The molecule has 0 saturated carbocycles. The van der Waals surface area contributed by atoms with E-state index in [0.29, 0.717) is 51.2 Å². The molecule has 0 aliphatic carbocycles. The maximum Gasteiger partial charge on any atom is 0.313 e. The Hall–Kier alpha value is -4.18. The molecule has 0 atom stereocenters. The van der Waals surface area contributed by atoms with Crippen LogP contribution in [0.4, 0.5) is 4.39 Å². The molecule has 2 aromatic carbocycles. The number of aliphatic imine (C=N–C) groups is 1. The van der Waals surface area contributed by atoms with Gasteiger partial charge in [-0.25, -0.2) is 9.98 Å². The lowest BCUT2D eigenvalue weighted by Crippen LogP contribution is -2.25. The maximum absolute atomic E-state index is 14.0. The molecule has 1 amide bonds. The van der Waals surface area contributed by atoms with Gasteiger partial charge in [-0.1, -0.05) is 30.3 Å². The minimum atomic E-state index is -0.961. The number of carboxylic acid groups (broad SMARTS) is 1. The largest absolute Gasteiger partial charge is 0.495 e. The Morgan fingerprint density at radius 2 is 1.78 bits per heavy atom. The summed E-state index contributed by atoms with van der Waals surface area (Å²) in [5.41, 5.74) is 3.39. The quantitative estimate of drug-likeness (QED) is 0.300. The van der Waals surface area contributed by atoms with E-state index < -0.39 is 11.9 Å². The number of aliphatic carboxylic acids is 1. The lowest BCUT2D eigenvalue weighted by atomic mass is 10.1. The summed E-state index contributed by atoms with van der Waals surface area (Å²) in [6.07, 6.45) is 1.69. The molecule has 8 nitrogen and oxygen atoms in total. The van der Waals surface area contributed by atoms with Crippen molar-refractivity contribution in [3.63, 3.8) is 0 Å². The van der Waals surface area contributed by atoms with Gasteiger partial charge >= 0.3 is 5.97 Å². The molecule has 37 heavy (non-hydrogen) atoms. The highest BCUT2D eigenvalue weighted by atomic mass is 32.2. The van der Waals surface area contributed by atoms with Gasteiger partial charge in [-0.2, -0.15) is 4.39 Å². The lowest BCUT2D eigenvalue weighted by molar-refractivity contribution is -0.134. The highest BCUT2D eigenvalue weighted by molar-refractivity contribution is 8.00. The minimum Gasteiger partial charge on any atom is -0.495 e. The van der Waals surface area contributed by atoms with Crippen molar-refractivity contribution in [2.24, 2.45) is 4.99 Å². The third-order valence-electron chi connectivity index (χ3n) is 5.45. The summed E-state index contributed by atoms with van der Waals surface area (Å²) in [6, 6.07) is 15.8. The first-order valence-corrected chi connectivity index (χ1v) is 12.2. The van der Waals surface area contributed by atoms with Crippen molar-refractivity contribution in [3.05, 3.63) is 82.9 Å². The highest BCUT2D eigenvalue weighted by Gasteiger charge is 2.25. The average molecular weight is 522 g/mol. The van der Waals surface area contributed by atoms with Gasteiger partial charge in [0, 0.05) is 12.1 Å². The Bertz CT molecular complexity index is 1370. The van der Waals surface area contributed by atoms with Gasteiger partial charge in [0.1, 0.15) is 11.5 Å². The van der Waals surface area contributed by atoms with Crippen LogP contribution in [0.5, 0.6) is 11.5 Å². The van der Waals surface area contributed by atoms with E-state index in [1.807, 2.05) is 30.3 Å². The van der Waals surface area contributed by atoms with E-state index in [-0.39, 0.29) is 18.1 Å². The number of amides is 1. The molecule has 0 radical (unpaired) electrons. The van der Waals surface area contributed by atoms with Gasteiger partial charge in [0.2, 0.25) is 11.9 Å². The highest BCUT2D eigenvalue weighted by Crippen LogP contribution is 2.40. The van der Waals surface area contributed by atoms with Crippen LogP contribution in [0.15, 0.2) is 64.5 Å². The van der Waals surface area contributed by atoms with Gasteiger partial charge in [-0.3, -0.25) is 9.59 Å². The van der Waals surface area contributed by atoms with Gasteiger partial charge in [-0.15, -0.1) is 11.8 Å². The Kier molecular flexibility index (Phi) is 8.19. The number of aromatic nitrogens is 1. The molecule has 2 N–H and O–H groups in total. The molecule has 190 valence electrons. The number of carbonyl (C=O) groups excluding carboxylic acids is 1. The Labute approximate surface area is 217 Å². The van der Waals surface area contributed by atoms with Crippen LogP contribution in [-0.2, 0) is 16.1 Å². The van der Waals surface area contributed by atoms with Crippen molar-refractivity contribution in [2.45, 2.75) is 17.9 Å². The first-order valence-electron chi connectivity index (χ1n) is 11.3. The van der Waals surface area contributed by atoms with Crippen LogP contribution in [0.3, 0.4) is 0 Å². The van der Waals surface area contributed by atoms with E-state index >= 15 is 0 Å². The number of rotatable bonds is 10. The van der Waals surface area contributed by atoms with Crippen molar-refractivity contribution in [1.29, 1.82) is 0 Å². The second-order valence-corrected chi connectivity index (χ2v) is 8.98. The molecule has 1 aliphatic heterocycles. The SMILES string of the molecule is COc1cc(C=C2N=C(CC(=O)NCc3ccccc3)c3nc(F)ccc32)cc(OC)c1SCC(=O)O. The van der Waals surface area contributed by atoms with Crippen LogP contribution >= 0.6 is 11.8 Å². The zero-order valence-electron chi connectivity index (χ0n) is 20.2. The van der Waals surface area contributed by atoms with Gasteiger partial charge < -0.3 is 19.9 Å². The number of pyridine rings is 1. The van der Waals surface area contributed by atoms with Crippen LogP contribution in [0.2, 0.25) is 0 Å². The van der Waals surface area contributed by atoms with Crippen molar-refractivity contribution in [3.8, 4) is 11.5 Å². The van der Waals surface area contributed by atoms with Crippen molar-refractivity contribution >= 4 is 41.1 Å². The molecule has 0 spiro atoms. The fourth-order valence-corrected chi connectivity index (χ4v) is 4.62. The van der Waals surface area contributed by atoms with Gasteiger partial charge in [-0.05, 0) is 41.5 Å². The molecule has 0 fully saturated rings. The van der Waals surface area contributed by atoms with Crippen molar-refractivity contribution in [2.75, 3.05) is 20.0 Å². The van der Waals surface area contributed by atoms with Gasteiger partial charge in [0.15, 0.2) is 0 Å². The predicted molar refractivity (Wildman–Crippen MR) is 139 cm³/mol. The molecule has 1 aliphatic rings. The fraction of sp³-hybridized carbons (Fsp3) is 0.185. The number of benzene rings is 2. The first kappa shape index (κ1) is 25.9. The summed E-state index contributed by atoms with van der Waals surface area (Å²) in [5.74, 6) is -1.16. The number of halogens is 1. The Balaban J connectivity index is 1.63. The van der Waals surface area contributed by atoms with E-state index in [1.54, 1.807) is 24.3 Å². The topological polar surface area (TPSA) is 110 Å². The summed E-state index contributed by atoms with van der Waals surface area (Å²) in [4.78, 5) is 32.8. The monoisotopic (exact) mass is 521 g/mol. The number of nitrogens with one attached hydrogen (secondary N) is 1. The lowest BCUT2D eigenvalue weighted by Gasteiger charge is -2.13. The zero-order valence-corrected chi connectivity index (χ0v) is 21.0. The number of carbonyl (C=O) groups is 2. The molecule has 10 heteroatoms. The number of hydrogen-bond acceptors (Lipinski definition) is 7. The summed E-state index contributed by atoms with van der Waals surface area (Å²) >= 11 is 1.09. The molecule has 0 unspecified atom stereocenters. The average Bonchev–Trinajstić information content (AvgIpc) is 3.22. The first-order chi connectivity index (χ1) is 17.9. The number of carboxylic acids is 1. The molecular formula is C27H24FN3O5S. The fourth-order valence-electron chi connectivity index (χ4n) is 3.78. The van der Waals surface area contributed by atoms with Crippen LogP contribution in [0.25, 0.3) is 11.8 Å². The van der Waals surface area contributed by atoms with Gasteiger partial charge in [0.05, 0.1) is 48.4 Å². The number of nitrogens with zero attached hydrogens (tertiary/aromatic N) is 2. The number of ether oxygens (including phenoxy) is 2. The number of methoxy groups -OCH3 is 2. The third-order valence-corrected chi connectivity index (χ3v) is 6.54. The second-order valence-electron chi connectivity index (χ2n) is 7.99. The molecule has 4 rings (SSSR count). The third kappa shape index (κ3) is 6.34. The molecule has 1 aromatic heterocycles. The summed E-state index contributed by atoms with van der Waals surface area (Å²) in [5, 5.41) is 11.9. The van der Waals surface area contributed by atoms with Crippen LogP contribution in [0, 0.1) is 5.95 Å². The van der Waals surface area contributed by atoms with Crippen LogP contribution in [-0.4, -0.2) is 47.7 Å². The molecular weight excluding hydrogens is 497 g/mol. The normalized spacial score (nSPS) is 13.2. The molecule has 0 saturated heterocycles. The zero-order chi connectivity index (χ0) is 26.4. The molecule has 0 bridgehead atoms. The van der Waals surface area contributed by atoms with Crippen molar-refractivity contribution < 1.29 is 28.6 Å². The summed E-state index contributed by atoms with van der Waals surface area (Å²) < 4.78 is 25.0. The number of fused-ring (bicyclic) bond motifs is 1. The van der Waals surface area contributed by atoms with E-state index in [4.69, 9.17) is 14.6 Å². The maximum atomic E-state index is 14.0. The number of thioether (sulfide) groups is 1. The van der Waals surface area contributed by atoms with E-state index in [2.05, 4.69) is 15.3 Å². The minimum absolute atomic E-state index is 0.0644.